The summed E-state index contributed by atoms with van der Waals surface area (Å²) in [6.45, 7) is 9.27. The summed E-state index contributed by atoms with van der Waals surface area (Å²) in [4.78, 5) is 7.65. The van der Waals surface area contributed by atoms with E-state index in [0.29, 0.717) is 6.61 Å². The van der Waals surface area contributed by atoms with Crippen LogP contribution in [0.4, 0.5) is 0 Å². The van der Waals surface area contributed by atoms with Gasteiger partial charge in [-0.05, 0) is 94.3 Å². The van der Waals surface area contributed by atoms with Gasteiger partial charge in [-0.25, -0.2) is 0 Å². The van der Waals surface area contributed by atoms with Crippen molar-refractivity contribution in [3.63, 3.8) is 0 Å². The number of rotatable bonds is 7. The summed E-state index contributed by atoms with van der Waals surface area (Å²) in [5.74, 6) is 0.915. The monoisotopic (exact) mass is 418 g/mol. The molecule has 0 saturated carbocycles. The molecule has 0 radical (unpaired) electrons. The van der Waals surface area contributed by atoms with Crippen molar-refractivity contribution in [3.8, 4) is 0 Å². The van der Waals surface area contributed by atoms with E-state index in [2.05, 4.69) is 67.3 Å². The molecule has 1 fully saturated rings. The largest absolute Gasteiger partial charge is 0.480 e. The van der Waals surface area contributed by atoms with Crippen molar-refractivity contribution in [1.29, 1.82) is 0 Å². The van der Waals surface area contributed by atoms with Crippen molar-refractivity contribution in [2.75, 3.05) is 32.8 Å². The predicted molar refractivity (Wildman–Crippen MR) is 130 cm³/mol. The van der Waals surface area contributed by atoms with E-state index in [-0.39, 0.29) is 5.41 Å². The Morgan fingerprint density at radius 2 is 1.52 bits per heavy atom. The molecule has 31 heavy (non-hydrogen) atoms. The van der Waals surface area contributed by atoms with Crippen LogP contribution in [0.1, 0.15) is 68.2 Å². The Morgan fingerprint density at radius 1 is 0.903 bits per heavy atom. The summed E-state index contributed by atoms with van der Waals surface area (Å²) in [5.41, 5.74) is 5.39. The summed E-state index contributed by atoms with van der Waals surface area (Å²) in [6, 6.07) is 18.1. The van der Waals surface area contributed by atoms with E-state index in [4.69, 9.17) is 9.73 Å². The first kappa shape index (κ1) is 22.1. The molecule has 2 aliphatic rings. The molecule has 0 aromatic heterocycles. The molecule has 0 unspecified atom stereocenters. The molecule has 3 heteroatoms. The van der Waals surface area contributed by atoms with Gasteiger partial charge in [0.1, 0.15) is 0 Å². The normalized spacial score (nSPS) is 18.7. The lowest BCUT2D eigenvalue weighted by Gasteiger charge is -2.38. The van der Waals surface area contributed by atoms with Gasteiger partial charge in [-0.3, -0.25) is 4.99 Å². The van der Waals surface area contributed by atoms with Crippen LogP contribution in [0.25, 0.3) is 0 Å². The molecule has 2 aromatic rings. The molecule has 1 aliphatic heterocycles. The van der Waals surface area contributed by atoms with Crippen LogP contribution < -0.4 is 0 Å². The number of likely N-dealkylation sites (tertiary alicyclic amines) is 1. The van der Waals surface area contributed by atoms with Crippen molar-refractivity contribution in [1.82, 2.24) is 4.90 Å². The molecule has 3 nitrogen and oxygen atoms in total. The third-order valence-corrected chi connectivity index (χ3v) is 7.04. The zero-order valence-electron chi connectivity index (χ0n) is 19.4. The molecule has 4 rings (SSSR count). The van der Waals surface area contributed by atoms with Crippen LogP contribution in [0, 0.1) is 0 Å². The molecule has 1 aliphatic carbocycles. The first-order chi connectivity index (χ1) is 15.3. The number of aryl methyl sites for hydroxylation is 2. The van der Waals surface area contributed by atoms with E-state index < -0.39 is 0 Å². The average Bonchev–Trinajstić information content (AvgIpc) is 2.95. The lowest BCUT2D eigenvalue weighted by atomic mass is 9.69. The third-order valence-electron chi connectivity index (χ3n) is 7.04. The smallest absolute Gasteiger partial charge is 0.198 e. The Bertz CT molecular complexity index is 835. The highest BCUT2D eigenvalue weighted by Gasteiger charge is 2.44. The van der Waals surface area contributed by atoms with Crippen LogP contribution in [0.2, 0.25) is 0 Å². The minimum absolute atomic E-state index is 0.300. The van der Waals surface area contributed by atoms with Gasteiger partial charge in [-0.2, -0.15) is 0 Å². The Labute approximate surface area is 188 Å². The lowest BCUT2D eigenvalue weighted by molar-refractivity contribution is 0.219. The number of fused-ring (bicyclic) bond motifs is 2. The van der Waals surface area contributed by atoms with Gasteiger partial charge in [-0.1, -0.05) is 55.0 Å². The molecule has 0 amide bonds. The van der Waals surface area contributed by atoms with Crippen LogP contribution in [0.15, 0.2) is 53.5 Å². The molecular weight excluding hydrogens is 380 g/mol. The highest BCUT2D eigenvalue weighted by atomic mass is 16.5. The SMILES string of the molecule is CCN=C(OCC)C1(CCCN2CCCCC2)c2ccccc2CCc2ccccc21. The second-order valence-electron chi connectivity index (χ2n) is 8.94. The Morgan fingerprint density at radius 3 is 2.10 bits per heavy atom. The Kier molecular flexibility index (Phi) is 7.45. The van der Waals surface area contributed by atoms with Crippen LogP contribution in [-0.2, 0) is 23.0 Å². The molecule has 1 heterocycles. The number of piperidine rings is 1. The second kappa shape index (κ2) is 10.5. The van der Waals surface area contributed by atoms with Crippen LogP contribution in [0.5, 0.6) is 0 Å². The Hall–Kier alpha value is -2.13. The fourth-order valence-electron chi connectivity index (χ4n) is 5.67. The van der Waals surface area contributed by atoms with E-state index >= 15 is 0 Å². The van der Waals surface area contributed by atoms with E-state index in [0.717, 1.165) is 44.7 Å². The number of aliphatic imine (C=N–C) groups is 1. The third kappa shape index (κ3) is 4.57. The molecule has 2 aromatic carbocycles. The van der Waals surface area contributed by atoms with Crippen LogP contribution in [0.3, 0.4) is 0 Å². The minimum Gasteiger partial charge on any atom is -0.480 e. The molecule has 0 bridgehead atoms. The number of hydrogen-bond acceptors (Lipinski definition) is 3. The Balaban J connectivity index is 1.81. The molecule has 0 spiro atoms. The van der Waals surface area contributed by atoms with Crippen molar-refractivity contribution >= 4 is 5.90 Å². The van der Waals surface area contributed by atoms with E-state index in [1.807, 2.05) is 0 Å². The van der Waals surface area contributed by atoms with E-state index in [1.54, 1.807) is 0 Å². The van der Waals surface area contributed by atoms with Gasteiger partial charge in [0.15, 0.2) is 5.90 Å². The van der Waals surface area contributed by atoms with Crippen molar-refractivity contribution in [2.45, 2.75) is 64.2 Å². The summed E-state index contributed by atoms with van der Waals surface area (Å²) < 4.78 is 6.37. The number of ether oxygens (including phenoxy) is 1. The predicted octanol–water partition coefficient (Wildman–Crippen LogP) is 5.79. The fourth-order valence-corrected chi connectivity index (χ4v) is 5.67. The van der Waals surface area contributed by atoms with Crippen molar-refractivity contribution < 1.29 is 4.74 Å². The first-order valence-electron chi connectivity index (χ1n) is 12.4. The fraction of sp³-hybridized carbons (Fsp3) is 0.536. The topological polar surface area (TPSA) is 24.8 Å². The molecule has 166 valence electrons. The summed E-state index contributed by atoms with van der Waals surface area (Å²) in [6.07, 6.45) is 8.42. The van der Waals surface area contributed by atoms with Gasteiger partial charge in [0, 0.05) is 6.54 Å². The minimum atomic E-state index is -0.300. The van der Waals surface area contributed by atoms with Gasteiger partial charge in [0.2, 0.25) is 0 Å². The van der Waals surface area contributed by atoms with Crippen LogP contribution >= 0.6 is 0 Å². The molecular formula is C28H38N2O. The van der Waals surface area contributed by atoms with Gasteiger partial charge >= 0.3 is 0 Å². The van der Waals surface area contributed by atoms with Gasteiger partial charge in [-0.15, -0.1) is 0 Å². The maximum absolute atomic E-state index is 6.37. The highest BCUT2D eigenvalue weighted by Crippen LogP contribution is 2.44. The zero-order chi connectivity index (χ0) is 21.5. The summed E-state index contributed by atoms with van der Waals surface area (Å²) in [7, 11) is 0. The molecule has 0 atom stereocenters. The van der Waals surface area contributed by atoms with Crippen LogP contribution in [-0.4, -0.2) is 43.6 Å². The van der Waals surface area contributed by atoms with Gasteiger partial charge in [0.25, 0.3) is 0 Å². The highest BCUT2D eigenvalue weighted by molar-refractivity contribution is 5.93. The maximum atomic E-state index is 6.37. The lowest BCUT2D eigenvalue weighted by Crippen LogP contribution is -2.41. The summed E-state index contributed by atoms with van der Waals surface area (Å²) >= 11 is 0. The van der Waals surface area contributed by atoms with E-state index in [1.165, 1.54) is 54.6 Å². The van der Waals surface area contributed by atoms with Crippen molar-refractivity contribution in [2.24, 2.45) is 4.99 Å². The van der Waals surface area contributed by atoms with Gasteiger partial charge < -0.3 is 9.64 Å². The quantitative estimate of drug-likeness (QED) is 0.420. The maximum Gasteiger partial charge on any atom is 0.198 e. The van der Waals surface area contributed by atoms with Crippen molar-refractivity contribution in [3.05, 3.63) is 70.8 Å². The molecule has 1 saturated heterocycles. The number of nitrogens with zero attached hydrogens (tertiary/aromatic N) is 2. The van der Waals surface area contributed by atoms with Gasteiger partial charge in [0.05, 0.1) is 12.0 Å². The standard InChI is InChI=1S/C28H38N2O/c1-3-29-27(31-4-2)28(19-12-22-30-20-10-5-11-21-30)25-15-8-6-13-23(25)17-18-24-14-7-9-16-26(24)28/h6-9,13-16H,3-5,10-12,17-22H2,1-2H3. The number of hydrogen-bond donors (Lipinski definition) is 0. The second-order valence-corrected chi connectivity index (χ2v) is 8.94. The summed E-state index contributed by atoms with van der Waals surface area (Å²) in [5, 5.41) is 0. The number of benzene rings is 2. The van der Waals surface area contributed by atoms with E-state index in [9.17, 15) is 0 Å². The molecule has 0 N–H and O–H groups in total. The average molecular weight is 419 g/mol. The zero-order valence-corrected chi connectivity index (χ0v) is 19.4. The first-order valence-corrected chi connectivity index (χ1v) is 12.4.